The third-order valence-corrected chi connectivity index (χ3v) is 8.87. The number of aromatic hydroxyl groups is 3. The fourth-order valence-electron chi connectivity index (χ4n) is 6.56. The molecule has 0 amide bonds. The van der Waals surface area contributed by atoms with Gasteiger partial charge in [-0.1, -0.05) is 6.92 Å². The lowest BCUT2D eigenvalue weighted by atomic mass is 9.67. The molecule has 3 aliphatic rings. The molecule has 0 aromatic heterocycles. The first-order valence-electron chi connectivity index (χ1n) is 13.7. The molecule has 2 aliphatic carbocycles. The van der Waals surface area contributed by atoms with Crippen molar-refractivity contribution in [1.82, 2.24) is 4.90 Å². The first-order valence-corrected chi connectivity index (χ1v) is 13.7. The average Bonchev–Trinajstić information content (AvgIpc) is 2.93. The van der Waals surface area contributed by atoms with Crippen LogP contribution in [0.2, 0.25) is 0 Å². The summed E-state index contributed by atoms with van der Waals surface area (Å²) in [7, 11) is 4.76. The number of phenolic OH excluding ortho intramolecular Hbond substituents is 3. The normalized spacial score (nSPS) is 30.5. The van der Waals surface area contributed by atoms with Gasteiger partial charge in [-0.05, 0) is 51.2 Å². The minimum absolute atomic E-state index is 0.00436. The van der Waals surface area contributed by atoms with Crippen LogP contribution in [0.5, 0.6) is 17.2 Å². The largest absolute Gasteiger partial charge is 0.507 e. The van der Waals surface area contributed by atoms with Crippen molar-refractivity contribution < 1.29 is 54.1 Å². The van der Waals surface area contributed by atoms with E-state index < -0.39 is 87.6 Å². The SMILES string of the molecule is CC[C@@]1(O)C[C@H](O[C@H]2C[C@H](N(C)C)[C@@H](O)[C@@H](C)O2)c2c(cc3c(c2O)C(=O)c2c(O)ccc(O)c2C3=O)[C@@H]1C(=O)OC. The average molecular weight is 586 g/mol. The molecule has 0 bridgehead atoms. The number of methoxy groups -OCH3 is 1. The Bertz CT molecular complexity index is 1470. The van der Waals surface area contributed by atoms with Crippen molar-refractivity contribution in [2.75, 3.05) is 21.2 Å². The predicted octanol–water partition coefficient (Wildman–Crippen LogP) is 1.86. The number of phenols is 3. The highest BCUT2D eigenvalue weighted by Crippen LogP contribution is 2.54. The van der Waals surface area contributed by atoms with Crippen molar-refractivity contribution in [1.29, 1.82) is 0 Å². The minimum Gasteiger partial charge on any atom is -0.507 e. The van der Waals surface area contributed by atoms with E-state index in [1.165, 1.54) is 6.07 Å². The van der Waals surface area contributed by atoms with Gasteiger partial charge in [-0.25, -0.2) is 0 Å². The summed E-state index contributed by atoms with van der Waals surface area (Å²) in [6, 6.07) is 3.05. The molecule has 0 unspecified atom stereocenters. The number of ether oxygens (including phenoxy) is 3. The van der Waals surface area contributed by atoms with Gasteiger partial charge in [-0.15, -0.1) is 0 Å². The molecule has 1 fully saturated rings. The molecule has 226 valence electrons. The van der Waals surface area contributed by atoms with Crippen molar-refractivity contribution in [2.45, 2.75) is 75.3 Å². The number of carbonyl (C=O) groups is 3. The zero-order valence-corrected chi connectivity index (χ0v) is 24.0. The standard InChI is InChI=1S/C30H35NO11/c1-6-30(39)11-18(42-19-10-15(31(3)4)25(34)12(2)41-19)20-13(24(30)29(38)40-5)9-14-21(27(20)36)28(37)23-17(33)8-7-16(32)22(23)26(14)35/h7-9,12,15,18-19,24-25,32-34,36,39H,6,10-11H2,1-5H3/t12-,15+,18+,19+,24-,25+,30-/m1/s1. The second kappa shape index (κ2) is 10.6. The van der Waals surface area contributed by atoms with Gasteiger partial charge in [0.1, 0.15) is 23.2 Å². The summed E-state index contributed by atoms with van der Waals surface area (Å²) in [6.07, 6.45) is -3.34. The Morgan fingerprint density at radius 3 is 2.29 bits per heavy atom. The number of nitrogens with zero attached hydrogens (tertiary/aromatic N) is 1. The molecule has 5 N–H and O–H groups in total. The summed E-state index contributed by atoms with van der Waals surface area (Å²) in [4.78, 5) is 42.2. The van der Waals surface area contributed by atoms with Crippen LogP contribution < -0.4 is 0 Å². The summed E-state index contributed by atoms with van der Waals surface area (Å²) in [5.41, 5.74) is -3.36. The lowest BCUT2D eigenvalue weighted by molar-refractivity contribution is -0.258. The quantitative estimate of drug-likeness (QED) is 0.217. The Labute approximate surface area is 242 Å². The van der Waals surface area contributed by atoms with Crippen molar-refractivity contribution in [3.63, 3.8) is 0 Å². The van der Waals surface area contributed by atoms with Crippen LogP contribution in [0, 0.1) is 0 Å². The molecule has 0 spiro atoms. The van der Waals surface area contributed by atoms with Crippen LogP contribution in [0.4, 0.5) is 0 Å². The van der Waals surface area contributed by atoms with Crippen molar-refractivity contribution in [2.24, 2.45) is 0 Å². The van der Waals surface area contributed by atoms with E-state index in [2.05, 4.69) is 0 Å². The Kier molecular flexibility index (Phi) is 7.57. The fourth-order valence-corrected chi connectivity index (χ4v) is 6.56. The third-order valence-electron chi connectivity index (χ3n) is 8.87. The second-order valence-corrected chi connectivity index (χ2v) is 11.4. The zero-order chi connectivity index (χ0) is 30.8. The number of aliphatic hydroxyl groups excluding tert-OH is 1. The molecule has 5 rings (SSSR count). The summed E-state index contributed by atoms with van der Waals surface area (Å²) in [5, 5.41) is 54.9. The van der Waals surface area contributed by atoms with Crippen LogP contribution in [0.15, 0.2) is 18.2 Å². The molecule has 12 heteroatoms. The van der Waals surface area contributed by atoms with E-state index >= 15 is 0 Å². The number of hydrogen-bond acceptors (Lipinski definition) is 12. The molecular weight excluding hydrogens is 550 g/mol. The van der Waals surface area contributed by atoms with Crippen LogP contribution in [-0.4, -0.2) is 99.3 Å². The van der Waals surface area contributed by atoms with Gasteiger partial charge in [0.15, 0.2) is 12.1 Å². The first-order chi connectivity index (χ1) is 19.7. The molecular formula is C30H35NO11. The van der Waals surface area contributed by atoms with Gasteiger partial charge < -0.3 is 44.6 Å². The monoisotopic (exact) mass is 585 g/mol. The van der Waals surface area contributed by atoms with Crippen LogP contribution in [0.25, 0.3) is 0 Å². The van der Waals surface area contributed by atoms with Crippen LogP contribution >= 0.6 is 0 Å². The molecule has 1 saturated heterocycles. The van der Waals surface area contributed by atoms with E-state index in [1.54, 1.807) is 13.8 Å². The van der Waals surface area contributed by atoms with Gasteiger partial charge in [-0.3, -0.25) is 14.4 Å². The molecule has 0 saturated carbocycles. The van der Waals surface area contributed by atoms with Gasteiger partial charge in [0.25, 0.3) is 0 Å². The molecule has 2 aromatic rings. The number of aliphatic hydroxyl groups is 2. The molecule has 1 aliphatic heterocycles. The highest BCUT2D eigenvalue weighted by Gasteiger charge is 2.53. The maximum Gasteiger partial charge on any atom is 0.316 e. The minimum atomic E-state index is -1.74. The van der Waals surface area contributed by atoms with Gasteiger partial charge in [0, 0.05) is 30.0 Å². The molecule has 0 radical (unpaired) electrons. The van der Waals surface area contributed by atoms with Crippen LogP contribution in [0.1, 0.15) is 88.1 Å². The molecule has 2 aromatic carbocycles. The van der Waals surface area contributed by atoms with E-state index in [-0.39, 0.29) is 42.0 Å². The molecule has 42 heavy (non-hydrogen) atoms. The van der Waals surface area contributed by atoms with Crippen molar-refractivity contribution >= 4 is 17.5 Å². The van der Waals surface area contributed by atoms with Gasteiger partial charge >= 0.3 is 5.97 Å². The number of carbonyl (C=O) groups excluding carboxylic acids is 3. The summed E-state index contributed by atoms with van der Waals surface area (Å²) in [6.45, 7) is 3.36. The predicted molar refractivity (Wildman–Crippen MR) is 146 cm³/mol. The van der Waals surface area contributed by atoms with Gasteiger partial charge in [-0.2, -0.15) is 0 Å². The van der Waals surface area contributed by atoms with E-state index in [1.807, 2.05) is 19.0 Å². The van der Waals surface area contributed by atoms with Crippen molar-refractivity contribution in [3.05, 3.63) is 51.6 Å². The zero-order valence-electron chi connectivity index (χ0n) is 24.0. The van der Waals surface area contributed by atoms with Crippen LogP contribution in [-0.2, 0) is 19.0 Å². The topological polar surface area (TPSA) is 183 Å². The van der Waals surface area contributed by atoms with Gasteiger partial charge in [0.05, 0.1) is 47.7 Å². The smallest absolute Gasteiger partial charge is 0.316 e. The first kappa shape index (κ1) is 29.9. The Balaban J connectivity index is 1.70. The summed E-state index contributed by atoms with van der Waals surface area (Å²) >= 11 is 0. The number of rotatable bonds is 5. The Morgan fingerprint density at radius 1 is 1.10 bits per heavy atom. The lowest BCUT2D eigenvalue weighted by Crippen LogP contribution is -2.54. The highest BCUT2D eigenvalue weighted by molar-refractivity contribution is 6.31. The third kappa shape index (κ3) is 4.45. The summed E-state index contributed by atoms with van der Waals surface area (Å²) < 4.78 is 17.3. The maximum atomic E-state index is 13.7. The van der Waals surface area contributed by atoms with E-state index in [0.717, 1.165) is 19.2 Å². The highest BCUT2D eigenvalue weighted by atomic mass is 16.7. The number of likely N-dealkylation sites (N-methyl/N-ethyl adjacent to an activating group) is 1. The van der Waals surface area contributed by atoms with E-state index in [4.69, 9.17) is 14.2 Å². The van der Waals surface area contributed by atoms with E-state index in [0.29, 0.717) is 0 Å². The molecule has 7 atom stereocenters. The Morgan fingerprint density at radius 2 is 1.71 bits per heavy atom. The second-order valence-electron chi connectivity index (χ2n) is 11.4. The lowest BCUT2D eigenvalue weighted by Gasteiger charge is -2.46. The van der Waals surface area contributed by atoms with Crippen molar-refractivity contribution in [3.8, 4) is 17.2 Å². The number of esters is 1. The number of fused-ring (bicyclic) bond motifs is 3. The Hall–Kier alpha value is -3.55. The molecule has 1 heterocycles. The maximum absolute atomic E-state index is 13.7. The molecule has 12 nitrogen and oxygen atoms in total. The van der Waals surface area contributed by atoms with Crippen LogP contribution in [0.3, 0.4) is 0 Å². The fraction of sp³-hybridized carbons (Fsp3) is 0.500. The van der Waals surface area contributed by atoms with Gasteiger partial charge in [0.2, 0.25) is 5.78 Å². The number of benzene rings is 2. The number of hydrogen-bond donors (Lipinski definition) is 5. The summed E-state index contributed by atoms with van der Waals surface area (Å²) in [5.74, 6) is -5.69. The number of ketones is 2. The van der Waals surface area contributed by atoms with E-state index in [9.17, 15) is 39.9 Å².